The molecule has 1 N–H and O–H groups in total. The SMILES string of the molecule is COc1ccccc1C(CNC(=O)C1CCN(C(=O)c2ccc(Br)cc2)CC1)N(C)C. The molecule has 0 aromatic heterocycles. The molecule has 1 unspecified atom stereocenters. The largest absolute Gasteiger partial charge is 0.496 e. The number of methoxy groups -OCH3 is 1. The van der Waals surface area contributed by atoms with Crippen LogP contribution in [0.1, 0.15) is 34.8 Å². The van der Waals surface area contributed by atoms with Crippen LogP contribution in [0.25, 0.3) is 0 Å². The molecular formula is C24H30BrN3O3. The molecule has 1 heterocycles. The number of rotatable bonds is 7. The minimum atomic E-state index is -0.0746. The smallest absolute Gasteiger partial charge is 0.253 e. The van der Waals surface area contributed by atoms with Gasteiger partial charge in [-0.1, -0.05) is 34.1 Å². The fourth-order valence-electron chi connectivity index (χ4n) is 3.97. The van der Waals surface area contributed by atoms with Gasteiger partial charge < -0.3 is 19.9 Å². The van der Waals surface area contributed by atoms with Crippen LogP contribution in [0.2, 0.25) is 0 Å². The zero-order valence-electron chi connectivity index (χ0n) is 18.3. The van der Waals surface area contributed by atoms with E-state index in [0.29, 0.717) is 38.0 Å². The summed E-state index contributed by atoms with van der Waals surface area (Å²) >= 11 is 3.39. The van der Waals surface area contributed by atoms with E-state index in [1.54, 1.807) is 7.11 Å². The predicted octanol–water partition coefficient (Wildman–Crippen LogP) is 3.73. The molecule has 0 radical (unpaired) electrons. The van der Waals surface area contributed by atoms with Gasteiger partial charge in [-0.15, -0.1) is 0 Å². The molecule has 3 rings (SSSR count). The van der Waals surface area contributed by atoms with Crippen molar-refractivity contribution < 1.29 is 14.3 Å². The fraction of sp³-hybridized carbons (Fsp3) is 0.417. The molecule has 0 spiro atoms. The molecule has 0 bridgehead atoms. The van der Waals surface area contributed by atoms with Gasteiger partial charge in [-0.05, 0) is 57.3 Å². The number of ether oxygens (including phenoxy) is 1. The highest BCUT2D eigenvalue weighted by molar-refractivity contribution is 9.10. The summed E-state index contributed by atoms with van der Waals surface area (Å²) in [5.74, 6) is 0.817. The molecule has 1 aliphatic heterocycles. The predicted molar refractivity (Wildman–Crippen MR) is 125 cm³/mol. The minimum Gasteiger partial charge on any atom is -0.496 e. The lowest BCUT2D eigenvalue weighted by molar-refractivity contribution is -0.126. The van der Waals surface area contributed by atoms with E-state index in [2.05, 4.69) is 26.1 Å². The number of likely N-dealkylation sites (N-methyl/N-ethyl adjacent to an activating group) is 1. The number of carbonyl (C=O) groups excluding carboxylic acids is 2. The van der Waals surface area contributed by atoms with Gasteiger partial charge in [0, 0.05) is 41.2 Å². The van der Waals surface area contributed by atoms with Crippen LogP contribution in [0.3, 0.4) is 0 Å². The number of nitrogens with zero attached hydrogens (tertiary/aromatic N) is 2. The van der Waals surface area contributed by atoms with E-state index >= 15 is 0 Å². The zero-order valence-corrected chi connectivity index (χ0v) is 19.9. The Hall–Kier alpha value is -2.38. The van der Waals surface area contributed by atoms with Crippen LogP contribution >= 0.6 is 15.9 Å². The van der Waals surface area contributed by atoms with Gasteiger partial charge in [-0.3, -0.25) is 9.59 Å². The molecular weight excluding hydrogens is 458 g/mol. The van der Waals surface area contributed by atoms with Gasteiger partial charge in [0.2, 0.25) is 5.91 Å². The number of halogens is 1. The molecule has 2 aromatic rings. The Balaban J connectivity index is 1.54. The standard InChI is InChI=1S/C24H30BrN3O3/c1-27(2)21(20-6-4-5-7-22(20)31-3)16-26-23(29)17-12-14-28(15-13-17)24(30)18-8-10-19(25)11-9-18/h4-11,17,21H,12-16H2,1-3H3,(H,26,29). The Morgan fingerprint density at radius 1 is 1.13 bits per heavy atom. The normalized spacial score (nSPS) is 15.6. The first-order chi connectivity index (χ1) is 14.9. The Morgan fingerprint density at radius 2 is 1.77 bits per heavy atom. The molecule has 6 nitrogen and oxygen atoms in total. The third-order valence-corrected chi connectivity index (χ3v) is 6.36. The molecule has 1 fully saturated rings. The van der Waals surface area contributed by atoms with E-state index < -0.39 is 0 Å². The lowest BCUT2D eigenvalue weighted by atomic mass is 9.95. The first-order valence-electron chi connectivity index (χ1n) is 10.5. The van der Waals surface area contributed by atoms with Gasteiger partial charge in [0.25, 0.3) is 5.91 Å². The van der Waals surface area contributed by atoms with Crippen LogP contribution in [0, 0.1) is 5.92 Å². The highest BCUT2D eigenvalue weighted by Crippen LogP contribution is 2.28. The lowest BCUT2D eigenvalue weighted by Crippen LogP contribution is -2.44. The number of amides is 2. The van der Waals surface area contributed by atoms with Gasteiger partial charge in [0.05, 0.1) is 13.2 Å². The summed E-state index contributed by atoms with van der Waals surface area (Å²) in [6, 6.07) is 15.3. The lowest BCUT2D eigenvalue weighted by Gasteiger charge is -2.32. The van der Waals surface area contributed by atoms with Gasteiger partial charge in [0.15, 0.2) is 0 Å². The summed E-state index contributed by atoms with van der Waals surface area (Å²) in [5.41, 5.74) is 1.72. The summed E-state index contributed by atoms with van der Waals surface area (Å²) < 4.78 is 6.45. The van der Waals surface area contributed by atoms with Gasteiger partial charge in [-0.2, -0.15) is 0 Å². The highest BCUT2D eigenvalue weighted by Gasteiger charge is 2.28. The van der Waals surface area contributed by atoms with Crippen molar-refractivity contribution in [3.63, 3.8) is 0 Å². The topological polar surface area (TPSA) is 61.9 Å². The van der Waals surface area contributed by atoms with Crippen molar-refractivity contribution in [1.29, 1.82) is 0 Å². The second-order valence-corrected chi connectivity index (χ2v) is 8.96. The molecule has 1 saturated heterocycles. The summed E-state index contributed by atoms with van der Waals surface area (Å²) in [7, 11) is 5.65. The molecule has 2 aromatic carbocycles. The van der Waals surface area contributed by atoms with E-state index in [0.717, 1.165) is 15.8 Å². The first-order valence-corrected chi connectivity index (χ1v) is 11.3. The number of carbonyl (C=O) groups is 2. The van der Waals surface area contributed by atoms with E-state index in [4.69, 9.17) is 4.74 Å². The van der Waals surface area contributed by atoms with Crippen molar-refractivity contribution in [3.8, 4) is 5.75 Å². The number of likely N-dealkylation sites (tertiary alicyclic amines) is 1. The van der Waals surface area contributed by atoms with E-state index in [9.17, 15) is 9.59 Å². The zero-order chi connectivity index (χ0) is 22.4. The van der Waals surface area contributed by atoms with Crippen molar-refractivity contribution >= 4 is 27.7 Å². The second kappa shape index (κ2) is 10.8. The highest BCUT2D eigenvalue weighted by atomic mass is 79.9. The van der Waals surface area contributed by atoms with Crippen LogP contribution in [-0.4, -0.2) is 62.5 Å². The van der Waals surface area contributed by atoms with Crippen LogP contribution in [0.5, 0.6) is 5.75 Å². The van der Waals surface area contributed by atoms with Crippen LogP contribution in [0.4, 0.5) is 0 Å². The molecule has 31 heavy (non-hydrogen) atoms. The average Bonchev–Trinajstić information content (AvgIpc) is 2.79. The molecule has 166 valence electrons. The van der Waals surface area contributed by atoms with Gasteiger partial charge in [-0.25, -0.2) is 0 Å². The van der Waals surface area contributed by atoms with Gasteiger partial charge >= 0.3 is 0 Å². The Morgan fingerprint density at radius 3 is 2.39 bits per heavy atom. The average molecular weight is 488 g/mol. The maximum absolute atomic E-state index is 12.8. The first kappa shape index (κ1) is 23.3. The summed E-state index contributed by atoms with van der Waals surface area (Å²) in [6.45, 7) is 1.69. The number of hydrogen-bond donors (Lipinski definition) is 1. The number of benzene rings is 2. The maximum atomic E-state index is 12.8. The number of para-hydroxylation sites is 1. The molecule has 7 heteroatoms. The third-order valence-electron chi connectivity index (χ3n) is 5.84. The van der Waals surface area contributed by atoms with Gasteiger partial charge in [0.1, 0.15) is 5.75 Å². The molecule has 2 amide bonds. The van der Waals surface area contributed by atoms with Crippen LogP contribution in [-0.2, 0) is 4.79 Å². The van der Waals surface area contributed by atoms with Crippen molar-refractivity contribution in [2.75, 3.05) is 40.8 Å². The fourth-order valence-corrected chi connectivity index (χ4v) is 4.24. The second-order valence-electron chi connectivity index (χ2n) is 8.04. The minimum absolute atomic E-state index is 0.0131. The van der Waals surface area contributed by atoms with E-state index in [1.807, 2.05) is 67.5 Å². The summed E-state index contributed by atoms with van der Waals surface area (Å²) in [4.78, 5) is 29.4. The summed E-state index contributed by atoms with van der Waals surface area (Å²) in [6.07, 6.45) is 1.35. The molecule has 0 saturated carbocycles. The van der Waals surface area contributed by atoms with E-state index in [1.165, 1.54) is 0 Å². The number of piperidine rings is 1. The summed E-state index contributed by atoms with van der Waals surface area (Å²) in [5, 5.41) is 3.12. The van der Waals surface area contributed by atoms with Crippen molar-refractivity contribution in [2.45, 2.75) is 18.9 Å². The monoisotopic (exact) mass is 487 g/mol. The van der Waals surface area contributed by atoms with Crippen molar-refractivity contribution in [2.24, 2.45) is 5.92 Å². The van der Waals surface area contributed by atoms with Crippen LogP contribution < -0.4 is 10.1 Å². The van der Waals surface area contributed by atoms with E-state index in [-0.39, 0.29) is 23.8 Å². The van der Waals surface area contributed by atoms with Crippen LogP contribution in [0.15, 0.2) is 53.0 Å². The van der Waals surface area contributed by atoms with Crippen molar-refractivity contribution in [1.82, 2.24) is 15.1 Å². The Labute approximate surface area is 192 Å². The third kappa shape index (κ3) is 5.86. The molecule has 1 atom stereocenters. The molecule has 1 aliphatic rings. The number of nitrogens with one attached hydrogen (secondary N) is 1. The number of hydrogen-bond acceptors (Lipinski definition) is 4. The molecule has 0 aliphatic carbocycles. The Bertz CT molecular complexity index is 893. The van der Waals surface area contributed by atoms with Crippen molar-refractivity contribution in [3.05, 3.63) is 64.1 Å². The maximum Gasteiger partial charge on any atom is 0.253 e. The quantitative estimate of drug-likeness (QED) is 0.646. The Kier molecular flexibility index (Phi) is 8.09.